The highest BCUT2D eigenvalue weighted by Gasteiger charge is 2.43. The fourth-order valence-electron chi connectivity index (χ4n) is 4.14. The third-order valence-electron chi connectivity index (χ3n) is 5.94. The minimum atomic E-state index is -1.71. The molecule has 1 aliphatic rings. The highest BCUT2D eigenvalue weighted by molar-refractivity contribution is 5.45. The summed E-state index contributed by atoms with van der Waals surface area (Å²) >= 11 is 0. The van der Waals surface area contributed by atoms with E-state index in [1.54, 1.807) is 30.0 Å². The summed E-state index contributed by atoms with van der Waals surface area (Å²) in [5.74, 6) is 0.236. The maximum atomic E-state index is 14.8. The molecule has 3 aromatic heterocycles. The molecule has 0 fully saturated rings. The maximum Gasteiger partial charge on any atom is 0.217 e. The zero-order valence-corrected chi connectivity index (χ0v) is 17.3. The van der Waals surface area contributed by atoms with E-state index < -0.39 is 23.3 Å². The van der Waals surface area contributed by atoms with Crippen LogP contribution in [-0.4, -0.2) is 52.1 Å². The molecule has 1 aliphatic heterocycles. The van der Waals surface area contributed by atoms with Gasteiger partial charge in [0.05, 0.1) is 25.9 Å². The number of aromatic nitrogens is 6. The van der Waals surface area contributed by atoms with E-state index in [1.807, 2.05) is 4.90 Å². The van der Waals surface area contributed by atoms with Gasteiger partial charge in [-0.25, -0.2) is 28.1 Å². The van der Waals surface area contributed by atoms with E-state index in [9.17, 15) is 13.9 Å². The van der Waals surface area contributed by atoms with Crippen molar-refractivity contribution in [3.8, 4) is 11.6 Å². The fourth-order valence-corrected chi connectivity index (χ4v) is 4.14. The fraction of sp³-hybridized carbons (Fsp3) is 0.333. The lowest BCUT2D eigenvalue weighted by molar-refractivity contribution is -0.0714. The number of halogens is 2. The summed E-state index contributed by atoms with van der Waals surface area (Å²) in [5.41, 5.74) is -1.72. The average molecular weight is 441 g/mol. The molecule has 0 aliphatic carbocycles. The monoisotopic (exact) mass is 441 g/mol. The number of nitrogens with zero attached hydrogens (tertiary/aromatic N) is 7. The lowest BCUT2D eigenvalue weighted by Crippen LogP contribution is -2.53. The highest BCUT2D eigenvalue weighted by Crippen LogP contribution is 2.34. The Labute approximate surface area is 181 Å². The second kappa shape index (κ2) is 7.92. The Bertz CT molecular complexity index is 1210. The average Bonchev–Trinajstić information content (AvgIpc) is 3.53. The highest BCUT2D eigenvalue weighted by atomic mass is 19.1. The van der Waals surface area contributed by atoms with E-state index >= 15 is 0 Å². The number of hydrogen-bond acceptors (Lipinski definition) is 7. The molecular formula is C21H21F2N7O2. The summed E-state index contributed by atoms with van der Waals surface area (Å²) in [6.45, 7) is 3.23. The van der Waals surface area contributed by atoms with Gasteiger partial charge in [-0.2, -0.15) is 5.10 Å². The Balaban J connectivity index is 1.47. The topological polar surface area (TPSA) is 98.0 Å². The van der Waals surface area contributed by atoms with Gasteiger partial charge in [0, 0.05) is 24.2 Å². The molecule has 4 heterocycles. The molecule has 1 aromatic carbocycles. The Kier molecular flexibility index (Phi) is 5.06. The molecule has 2 atom stereocenters. The minimum absolute atomic E-state index is 0.00906. The second-order valence-corrected chi connectivity index (χ2v) is 7.84. The molecule has 0 radical (unpaired) electrons. The molecular weight excluding hydrogens is 420 g/mol. The number of furan rings is 1. The molecule has 11 heteroatoms. The molecule has 0 saturated heterocycles. The largest absolute Gasteiger partial charge is 0.461 e. The Morgan fingerprint density at radius 3 is 2.84 bits per heavy atom. The third-order valence-corrected chi connectivity index (χ3v) is 5.94. The first-order valence-corrected chi connectivity index (χ1v) is 10.2. The van der Waals surface area contributed by atoms with Crippen molar-refractivity contribution in [2.75, 3.05) is 6.54 Å². The minimum Gasteiger partial charge on any atom is -0.461 e. The van der Waals surface area contributed by atoms with Crippen LogP contribution in [0.25, 0.3) is 11.6 Å². The van der Waals surface area contributed by atoms with Gasteiger partial charge in [0.25, 0.3) is 0 Å². The van der Waals surface area contributed by atoms with Crippen molar-refractivity contribution in [1.29, 1.82) is 0 Å². The van der Waals surface area contributed by atoms with Gasteiger partial charge in [-0.05, 0) is 25.1 Å². The number of aliphatic hydroxyl groups is 1. The number of rotatable bonds is 6. The lowest BCUT2D eigenvalue weighted by Gasteiger charge is -2.42. The van der Waals surface area contributed by atoms with Gasteiger partial charge >= 0.3 is 0 Å². The molecule has 32 heavy (non-hydrogen) atoms. The van der Waals surface area contributed by atoms with Crippen LogP contribution in [-0.2, 0) is 25.2 Å². The van der Waals surface area contributed by atoms with Crippen molar-refractivity contribution in [1.82, 2.24) is 34.4 Å². The summed E-state index contributed by atoms with van der Waals surface area (Å²) in [6.07, 6.45) is 4.35. The van der Waals surface area contributed by atoms with E-state index in [2.05, 4.69) is 20.2 Å². The first kappa shape index (κ1) is 20.5. The molecule has 4 aromatic rings. The summed E-state index contributed by atoms with van der Waals surface area (Å²) in [4.78, 5) is 10.5. The summed E-state index contributed by atoms with van der Waals surface area (Å²) < 4.78 is 37.0. The van der Waals surface area contributed by atoms with Gasteiger partial charge in [0.2, 0.25) is 5.82 Å². The molecule has 166 valence electrons. The van der Waals surface area contributed by atoms with Crippen molar-refractivity contribution in [2.45, 2.75) is 38.2 Å². The number of fused-ring (bicyclic) bond motifs is 1. The van der Waals surface area contributed by atoms with Gasteiger partial charge in [-0.3, -0.25) is 4.90 Å². The van der Waals surface area contributed by atoms with E-state index in [0.717, 1.165) is 12.1 Å². The van der Waals surface area contributed by atoms with Crippen LogP contribution in [0.5, 0.6) is 0 Å². The van der Waals surface area contributed by atoms with E-state index in [4.69, 9.17) is 4.42 Å². The normalized spacial score (nSPS) is 17.1. The van der Waals surface area contributed by atoms with E-state index in [-0.39, 0.29) is 12.1 Å². The zero-order valence-electron chi connectivity index (χ0n) is 17.3. The summed E-state index contributed by atoms with van der Waals surface area (Å²) in [7, 11) is 0. The van der Waals surface area contributed by atoms with E-state index in [1.165, 1.54) is 23.4 Å². The van der Waals surface area contributed by atoms with Crippen molar-refractivity contribution < 1.29 is 18.3 Å². The lowest BCUT2D eigenvalue weighted by atomic mass is 9.85. The number of benzene rings is 1. The second-order valence-electron chi connectivity index (χ2n) is 7.84. The van der Waals surface area contributed by atoms with Crippen LogP contribution >= 0.6 is 0 Å². The van der Waals surface area contributed by atoms with Crippen LogP contribution in [0.1, 0.15) is 18.3 Å². The smallest absolute Gasteiger partial charge is 0.217 e. The zero-order chi connectivity index (χ0) is 22.3. The van der Waals surface area contributed by atoms with Crippen LogP contribution < -0.4 is 0 Å². The molecule has 0 amide bonds. The van der Waals surface area contributed by atoms with Crippen molar-refractivity contribution >= 4 is 0 Å². The number of hydrogen-bond donors (Lipinski definition) is 1. The molecule has 0 spiro atoms. The van der Waals surface area contributed by atoms with Gasteiger partial charge in [0.15, 0.2) is 5.76 Å². The Morgan fingerprint density at radius 2 is 2.12 bits per heavy atom. The van der Waals surface area contributed by atoms with Gasteiger partial charge in [-0.1, -0.05) is 6.07 Å². The quantitative estimate of drug-likeness (QED) is 0.490. The first-order valence-electron chi connectivity index (χ1n) is 10.2. The SMILES string of the molecule is C[C@@H](N1CCn2nc(-c3ccco3)nc2C1)[C@](O)(Cn1cncn1)c1ccc(F)cc1F. The van der Waals surface area contributed by atoms with Crippen LogP contribution in [0.15, 0.2) is 53.7 Å². The van der Waals surface area contributed by atoms with Crippen LogP contribution in [0.4, 0.5) is 8.78 Å². The molecule has 0 unspecified atom stereocenters. The maximum absolute atomic E-state index is 14.8. The van der Waals surface area contributed by atoms with Crippen molar-refractivity contribution in [3.63, 3.8) is 0 Å². The molecule has 0 bridgehead atoms. The predicted octanol–water partition coefficient (Wildman–Crippen LogP) is 2.20. The molecule has 5 rings (SSSR count). The van der Waals surface area contributed by atoms with Crippen LogP contribution in [0, 0.1) is 11.6 Å². The van der Waals surface area contributed by atoms with Gasteiger partial charge < -0.3 is 9.52 Å². The van der Waals surface area contributed by atoms with Crippen molar-refractivity contribution in [2.24, 2.45) is 0 Å². The summed E-state index contributed by atoms with van der Waals surface area (Å²) in [6, 6.07) is 6.18. The Hall–Kier alpha value is -3.44. The summed E-state index contributed by atoms with van der Waals surface area (Å²) in [5, 5.41) is 20.4. The van der Waals surface area contributed by atoms with Crippen LogP contribution in [0.2, 0.25) is 0 Å². The first-order chi connectivity index (χ1) is 15.4. The van der Waals surface area contributed by atoms with Crippen LogP contribution in [0.3, 0.4) is 0 Å². The van der Waals surface area contributed by atoms with Gasteiger partial charge in [0.1, 0.15) is 35.7 Å². The van der Waals surface area contributed by atoms with Gasteiger partial charge in [-0.15, -0.1) is 5.10 Å². The third kappa shape index (κ3) is 3.59. The molecule has 0 saturated carbocycles. The molecule has 9 nitrogen and oxygen atoms in total. The van der Waals surface area contributed by atoms with Crippen molar-refractivity contribution in [3.05, 3.63) is 72.3 Å². The van der Waals surface area contributed by atoms with E-state index in [0.29, 0.717) is 37.0 Å². The Morgan fingerprint density at radius 1 is 1.25 bits per heavy atom. The predicted molar refractivity (Wildman–Crippen MR) is 108 cm³/mol. The standard InChI is InChI=1S/C21H21F2N7O2/c1-14(28-6-7-30-19(10-28)26-20(27-30)18-3-2-8-32-18)21(31,11-29-13-24-12-25-29)16-5-4-15(22)9-17(16)23/h2-5,8-9,12-14,31H,6-7,10-11H2,1H3/t14-,21-/m1/s1. The molecule has 1 N–H and O–H groups in total.